The third kappa shape index (κ3) is 2.11. The second-order valence-corrected chi connectivity index (χ2v) is 4.89. The molecule has 4 nitrogen and oxygen atoms in total. The Hall–Kier alpha value is -1.60. The second-order valence-electron chi connectivity index (χ2n) is 4.89. The van der Waals surface area contributed by atoms with Crippen molar-refractivity contribution in [1.82, 2.24) is 10.3 Å². The van der Waals surface area contributed by atoms with E-state index in [2.05, 4.69) is 21.3 Å². The van der Waals surface area contributed by atoms with Crippen LogP contribution in [0.4, 0.5) is 5.82 Å². The molecular formula is C13H16N4. The third-order valence-corrected chi connectivity index (χ3v) is 3.72. The zero-order chi connectivity index (χ0) is 11.7. The third-order valence-electron chi connectivity index (χ3n) is 3.72. The summed E-state index contributed by atoms with van der Waals surface area (Å²) in [5.74, 6) is 0.998. The molecule has 2 atom stereocenters. The molecule has 3 heterocycles. The molecule has 3 rings (SSSR count). The molecule has 1 aromatic heterocycles. The number of nitriles is 1. The average Bonchev–Trinajstić information content (AvgIpc) is 2.69. The van der Waals surface area contributed by atoms with Crippen LogP contribution in [0, 0.1) is 11.3 Å². The molecule has 1 aromatic rings. The second kappa shape index (κ2) is 4.34. The van der Waals surface area contributed by atoms with E-state index in [4.69, 9.17) is 5.26 Å². The lowest BCUT2D eigenvalue weighted by Gasteiger charge is -2.25. The Labute approximate surface area is 101 Å². The highest BCUT2D eigenvalue weighted by atomic mass is 15.2. The van der Waals surface area contributed by atoms with Gasteiger partial charge in [0.15, 0.2) is 0 Å². The first-order valence-corrected chi connectivity index (χ1v) is 6.22. The summed E-state index contributed by atoms with van der Waals surface area (Å²) in [6.07, 6.45) is 5.45. The van der Waals surface area contributed by atoms with Crippen molar-refractivity contribution in [2.45, 2.75) is 31.3 Å². The molecule has 0 aromatic carbocycles. The van der Waals surface area contributed by atoms with E-state index in [9.17, 15) is 0 Å². The van der Waals surface area contributed by atoms with Crippen molar-refractivity contribution in [3.8, 4) is 6.07 Å². The molecule has 88 valence electrons. The number of fused-ring (bicyclic) bond motifs is 2. The molecule has 4 heteroatoms. The van der Waals surface area contributed by atoms with E-state index in [1.165, 1.54) is 19.3 Å². The number of anilines is 1. The van der Waals surface area contributed by atoms with Crippen LogP contribution in [0.5, 0.6) is 0 Å². The van der Waals surface area contributed by atoms with Crippen LogP contribution in [0.2, 0.25) is 0 Å². The Balaban J connectivity index is 1.77. The summed E-state index contributed by atoms with van der Waals surface area (Å²) < 4.78 is 0. The van der Waals surface area contributed by atoms with Gasteiger partial charge >= 0.3 is 0 Å². The molecule has 0 saturated carbocycles. The average molecular weight is 228 g/mol. The van der Waals surface area contributed by atoms with Gasteiger partial charge in [-0.3, -0.25) is 0 Å². The van der Waals surface area contributed by atoms with E-state index in [0.29, 0.717) is 17.6 Å². The van der Waals surface area contributed by atoms with Gasteiger partial charge in [0, 0.05) is 31.4 Å². The Morgan fingerprint density at radius 3 is 2.94 bits per heavy atom. The fraction of sp³-hybridized carbons (Fsp3) is 0.538. The zero-order valence-electron chi connectivity index (χ0n) is 9.76. The molecule has 2 saturated heterocycles. The largest absolute Gasteiger partial charge is 0.355 e. The van der Waals surface area contributed by atoms with Crippen molar-refractivity contribution in [2.75, 3.05) is 18.0 Å². The van der Waals surface area contributed by atoms with Crippen LogP contribution in [-0.4, -0.2) is 30.2 Å². The fourth-order valence-electron chi connectivity index (χ4n) is 2.79. The van der Waals surface area contributed by atoms with Crippen molar-refractivity contribution in [3.63, 3.8) is 0 Å². The van der Waals surface area contributed by atoms with Crippen LogP contribution in [-0.2, 0) is 0 Å². The van der Waals surface area contributed by atoms with Gasteiger partial charge in [0.2, 0.25) is 0 Å². The Morgan fingerprint density at radius 1 is 1.29 bits per heavy atom. The first-order chi connectivity index (χ1) is 8.35. The van der Waals surface area contributed by atoms with E-state index in [1.54, 1.807) is 6.20 Å². The molecule has 1 N–H and O–H groups in total. The molecular weight excluding hydrogens is 212 g/mol. The van der Waals surface area contributed by atoms with Crippen molar-refractivity contribution in [1.29, 1.82) is 5.26 Å². The molecule has 2 aliphatic rings. The lowest BCUT2D eigenvalue weighted by atomic mass is 10.1. The lowest BCUT2D eigenvalue weighted by Crippen LogP contribution is -2.35. The quantitative estimate of drug-likeness (QED) is 0.786. The van der Waals surface area contributed by atoms with E-state index < -0.39 is 0 Å². The molecule has 2 fully saturated rings. The van der Waals surface area contributed by atoms with E-state index in [1.807, 2.05) is 12.1 Å². The highest BCUT2D eigenvalue weighted by Gasteiger charge is 2.29. The molecule has 0 radical (unpaired) electrons. The van der Waals surface area contributed by atoms with Gasteiger partial charge in [0.05, 0.1) is 5.56 Å². The minimum Gasteiger partial charge on any atom is -0.355 e. The molecule has 17 heavy (non-hydrogen) atoms. The summed E-state index contributed by atoms with van der Waals surface area (Å²) in [5, 5.41) is 12.4. The van der Waals surface area contributed by atoms with Gasteiger partial charge in [-0.25, -0.2) is 4.98 Å². The number of pyridine rings is 1. The van der Waals surface area contributed by atoms with Crippen LogP contribution in [0.25, 0.3) is 0 Å². The predicted octanol–water partition coefficient (Wildman–Crippen LogP) is 1.28. The van der Waals surface area contributed by atoms with E-state index in [-0.39, 0.29) is 0 Å². The van der Waals surface area contributed by atoms with Gasteiger partial charge in [0.1, 0.15) is 11.9 Å². The summed E-state index contributed by atoms with van der Waals surface area (Å²) in [5.41, 5.74) is 0.628. The summed E-state index contributed by atoms with van der Waals surface area (Å²) in [6.45, 7) is 2.10. The summed E-state index contributed by atoms with van der Waals surface area (Å²) in [7, 11) is 0. The summed E-state index contributed by atoms with van der Waals surface area (Å²) in [6, 6.07) is 7.21. The molecule has 2 aliphatic heterocycles. The van der Waals surface area contributed by atoms with Crippen molar-refractivity contribution < 1.29 is 0 Å². The highest BCUT2D eigenvalue weighted by molar-refractivity contribution is 5.42. The number of nitrogens with one attached hydrogen (secondary N) is 1. The summed E-state index contributed by atoms with van der Waals surface area (Å²) in [4.78, 5) is 6.71. The molecule has 2 bridgehead atoms. The van der Waals surface area contributed by atoms with E-state index >= 15 is 0 Å². The predicted molar refractivity (Wildman–Crippen MR) is 65.7 cm³/mol. The van der Waals surface area contributed by atoms with Gasteiger partial charge < -0.3 is 10.2 Å². The van der Waals surface area contributed by atoms with Crippen molar-refractivity contribution in [2.24, 2.45) is 0 Å². The Bertz CT molecular complexity index is 434. The fourth-order valence-corrected chi connectivity index (χ4v) is 2.79. The first-order valence-electron chi connectivity index (χ1n) is 6.22. The highest BCUT2D eigenvalue weighted by Crippen LogP contribution is 2.23. The SMILES string of the molecule is N#Cc1ccc(N2CCC3CCC(C2)N3)nc1. The number of nitrogens with zero attached hydrogens (tertiary/aromatic N) is 3. The molecule has 2 unspecified atom stereocenters. The maximum Gasteiger partial charge on any atom is 0.128 e. The molecule has 0 amide bonds. The normalized spacial score (nSPS) is 27.6. The number of rotatable bonds is 1. The first kappa shape index (κ1) is 10.5. The van der Waals surface area contributed by atoms with E-state index in [0.717, 1.165) is 18.9 Å². The van der Waals surface area contributed by atoms with Gasteiger partial charge in [-0.1, -0.05) is 0 Å². The maximum absolute atomic E-state index is 8.76. The number of aromatic nitrogens is 1. The van der Waals surface area contributed by atoms with Crippen LogP contribution in [0.3, 0.4) is 0 Å². The van der Waals surface area contributed by atoms with Crippen molar-refractivity contribution in [3.05, 3.63) is 23.9 Å². The minimum absolute atomic E-state index is 0.611. The topological polar surface area (TPSA) is 52.0 Å². The van der Waals surface area contributed by atoms with Gasteiger partial charge in [-0.2, -0.15) is 5.26 Å². The molecule has 0 aliphatic carbocycles. The van der Waals surface area contributed by atoms with Crippen LogP contribution in [0.15, 0.2) is 18.3 Å². The number of hydrogen-bond acceptors (Lipinski definition) is 4. The smallest absolute Gasteiger partial charge is 0.128 e. The maximum atomic E-state index is 8.76. The molecule has 0 spiro atoms. The Kier molecular flexibility index (Phi) is 2.69. The van der Waals surface area contributed by atoms with Crippen LogP contribution in [0.1, 0.15) is 24.8 Å². The minimum atomic E-state index is 0.611. The van der Waals surface area contributed by atoms with Gasteiger partial charge in [-0.15, -0.1) is 0 Å². The van der Waals surface area contributed by atoms with Gasteiger partial charge in [-0.05, 0) is 31.4 Å². The summed E-state index contributed by atoms with van der Waals surface area (Å²) >= 11 is 0. The monoisotopic (exact) mass is 228 g/mol. The zero-order valence-corrected chi connectivity index (χ0v) is 9.76. The standard InChI is InChI=1S/C13H16N4/c14-7-10-1-4-13(15-8-10)17-6-5-11-2-3-12(9-17)16-11/h1,4,8,11-12,16H,2-3,5-6,9H2. The van der Waals surface area contributed by atoms with Gasteiger partial charge in [0.25, 0.3) is 0 Å². The Morgan fingerprint density at radius 2 is 2.18 bits per heavy atom. The van der Waals surface area contributed by atoms with Crippen LogP contribution >= 0.6 is 0 Å². The number of hydrogen-bond donors (Lipinski definition) is 1. The lowest BCUT2D eigenvalue weighted by molar-refractivity contribution is 0.563. The van der Waals surface area contributed by atoms with Crippen molar-refractivity contribution >= 4 is 5.82 Å². The van der Waals surface area contributed by atoms with Crippen LogP contribution < -0.4 is 10.2 Å².